The number of H-pyrrole nitrogens is 1. The maximum Gasteiger partial charge on any atom is 0.340 e. The van der Waals surface area contributed by atoms with E-state index in [2.05, 4.69) is 10.3 Å². The number of fused-ring (bicyclic) bond motifs is 1. The summed E-state index contributed by atoms with van der Waals surface area (Å²) in [4.78, 5) is 15.4. The third-order valence-electron chi connectivity index (χ3n) is 4.18. The molecule has 116 valence electrons. The lowest BCUT2D eigenvalue weighted by atomic mass is 9.93. The number of hydrogen-bond acceptors (Lipinski definition) is 4. The van der Waals surface area contributed by atoms with Gasteiger partial charge in [-0.2, -0.15) is 0 Å². The van der Waals surface area contributed by atoms with Crippen LogP contribution in [0.15, 0.2) is 24.3 Å². The van der Waals surface area contributed by atoms with Crippen LogP contribution in [0.3, 0.4) is 0 Å². The quantitative estimate of drug-likeness (QED) is 0.762. The molecule has 1 aromatic heterocycles. The van der Waals surface area contributed by atoms with E-state index >= 15 is 0 Å². The van der Waals surface area contributed by atoms with Crippen molar-refractivity contribution in [2.45, 2.75) is 32.9 Å². The van der Waals surface area contributed by atoms with Crippen LogP contribution in [0.1, 0.15) is 45.7 Å². The first-order valence-electron chi connectivity index (χ1n) is 7.44. The number of ether oxygens (including phenoxy) is 1. The number of carbonyl (C=O) groups excluding carboxylic acids is 1. The molecular formula is C17H20N2O3. The van der Waals surface area contributed by atoms with Gasteiger partial charge >= 0.3 is 5.97 Å². The van der Waals surface area contributed by atoms with Gasteiger partial charge in [0.05, 0.1) is 18.1 Å². The predicted octanol–water partition coefficient (Wildman–Crippen LogP) is 2.68. The molecule has 0 amide bonds. The summed E-state index contributed by atoms with van der Waals surface area (Å²) in [5, 5.41) is 13.5. The van der Waals surface area contributed by atoms with E-state index in [0.717, 1.165) is 28.2 Å². The lowest BCUT2D eigenvalue weighted by Gasteiger charge is -2.15. The molecule has 3 rings (SSSR count). The molecule has 2 unspecified atom stereocenters. The number of aryl methyl sites for hydroxylation is 1. The Morgan fingerprint density at radius 2 is 2.05 bits per heavy atom. The number of aliphatic hydroxyl groups is 1. The van der Waals surface area contributed by atoms with Crippen LogP contribution in [0.25, 0.3) is 0 Å². The minimum Gasteiger partial charge on any atom is -0.462 e. The summed E-state index contributed by atoms with van der Waals surface area (Å²) in [6.07, 6.45) is -0.718. The number of carbonyl (C=O) groups is 1. The van der Waals surface area contributed by atoms with Gasteiger partial charge in [0, 0.05) is 17.1 Å². The summed E-state index contributed by atoms with van der Waals surface area (Å²) in [6, 6.07) is 7.81. The molecule has 1 aromatic carbocycles. The van der Waals surface area contributed by atoms with Gasteiger partial charge < -0.3 is 20.1 Å². The van der Waals surface area contributed by atoms with Crippen LogP contribution < -0.4 is 5.32 Å². The fourth-order valence-corrected chi connectivity index (χ4v) is 3.22. The first-order chi connectivity index (χ1) is 10.5. The average Bonchev–Trinajstić information content (AvgIpc) is 2.95. The molecule has 0 fully saturated rings. The van der Waals surface area contributed by atoms with Crippen molar-refractivity contribution in [2.24, 2.45) is 0 Å². The summed E-state index contributed by atoms with van der Waals surface area (Å²) in [7, 11) is 0. The van der Waals surface area contributed by atoms with Crippen molar-refractivity contribution < 1.29 is 14.6 Å². The SMILES string of the molecule is CCOC(=O)c1c(C)[nH]c(C2c3ccccc3NC2O)c1C. The fourth-order valence-electron chi connectivity index (χ4n) is 3.22. The van der Waals surface area contributed by atoms with Crippen LogP contribution in [-0.2, 0) is 4.74 Å². The molecule has 0 spiro atoms. The number of esters is 1. The highest BCUT2D eigenvalue weighted by Crippen LogP contribution is 2.41. The molecule has 0 bridgehead atoms. The van der Waals surface area contributed by atoms with Gasteiger partial charge in [-0.15, -0.1) is 0 Å². The molecule has 0 saturated carbocycles. The third kappa shape index (κ3) is 2.18. The number of aromatic amines is 1. The monoisotopic (exact) mass is 300 g/mol. The largest absolute Gasteiger partial charge is 0.462 e. The molecule has 1 aliphatic heterocycles. The summed E-state index contributed by atoms with van der Waals surface area (Å²) in [6.45, 7) is 5.87. The molecule has 3 N–H and O–H groups in total. The van der Waals surface area contributed by atoms with Crippen molar-refractivity contribution in [3.63, 3.8) is 0 Å². The van der Waals surface area contributed by atoms with Crippen molar-refractivity contribution in [2.75, 3.05) is 11.9 Å². The van der Waals surface area contributed by atoms with E-state index in [1.54, 1.807) is 6.92 Å². The molecule has 0 radical (unpaired) electrons. The Bertz CT molecular complexity index is 721. The minimum absolute atomic E-state index is 0.224. The zero-order valence-corrected chi connectivity index (χ0v) is 12.9. The molecule has 2 aromatic rings. The van der Waals surface area contributed by atoms with Crippen molar-refractivity contribution in [3.8, 4) is 0 Å². The number of rotatable bonds is 3. The zero-order chi connectivity index (χ0) is 15.9. The van der Waals surface area contributed by atoms with Gasteiger partial charge in [0.1, 0.15) is 6.23 Å². The van der Waals surface area contributed by atoms with Gasteiger partial charge in [0.15, 0.2) is 0 Å². The van der Waals surface area contributed by atoms with Crippen LogP contribution >= 0.6 is 0 Å². The van der Waals surface area contributed by atoms with E-state index in [-0.39, 0.29) is 11.9 Å². The second-order valence-electron chi connectivity index (χ2n) is 5.54. The highest BCUT2D eigenvalue weighted by molar-refractivity contribution is 5.93. The predicted molar refractivity (Wildman–Crippen MR) is 84.1 cm³/mol. The summed E-state index contributed by atoms with van der Waals surface area (Å²) < 4.78 is 5.12. The standard InChI is InChI=1S/C17H20N2O3/c1-4-22-17(21)13-9(2)15(18-10(13)3)14-11-7-5-6-8-12(11)19-16(14)20/h5-8,14,16,18-20H,4H2,1-3H3. The maximum absolute atomic E-state index is 12.1. The van der Waals surface area contributed by atoms with Crippen LogP contribution in [-0.4, -0.2) is 28.9 Å². The fraction of sp³-hybridized carbons (Fsp3) is 0.353. The summed E-state index contributed by atoms with van der Waals surface area (Å²) in [5.41, 5.74) is 4.96. The van der Waals surface area contributed by atoms with Gasteiger partial charge in [0.2, 0.25) is 0 Å². The van der Waals surface area contributed by atoms with E-state index in [0.29, 0.717) is 12.2 Å². The number of benzene rings is 1. The van der Waals surface area contributed by atoms with Crippen LogP contribution in [0.5, 0.6) is 0 Å². The van der Waals surface area contributed by atoms with Crippen molar-refractivity contribution in [3.05, 3.63) is 52.3 Å². The lowest BCUT2D eigenvalue weighted by molar-refractivity contribution is 0.0525. The van der Waals surface area contributed by atoms with Gasteiger partial charge in [-0.05, 0) is 38.0 Å². The van der Waals surface area contributed by atoms with Gasteiger partial charge in [-0.25, -0.2) is 4.79 Å². The van der Waals surface area contributed by atoms with Crippen LogP contribution in [0, 0.1) is 13.8 Å². The minimum atomic E-state index is -0.718. The summed E-state index contributed by atoms with van der Waals surface area (Å²) >= 11 is 0. The molecule has 0 saturated heterocycles. The highest BCUT2D eigenvalue weighted by Gasteiger charge is 2.35. The van der Waals surface area contributed by atoms with Crippen LogP contribution in [0.4, 0.5) is 5.69 Å². The highest BCUT2D eigenvalue weighted by atomic mass is 16.5. The molecule has 5 heteroatoms. The number of para-hydroxylation sites is 1. The van der Waals surface area contributed by atoms with E-state index in [9.17, 15) is 9.90 Å². The molecular weight excluding hydrogens is 280 g/mol. The normalized spacial score (nSPS) is 19.6. The topological polar surface area (TPSA) is 74.4 Å². The Hall–Kier alpha value is -2.27. The first-order valence-corrected chi connectivity index (χ1v) is 7.44. The number of aromatic nitrogens is 1. The Kier molecular flexibility index (Phi) is 3.66. The smallest absolute Gasteiger partial charge is 0.340 e. The molecule has 2 atom stereocenters. The number of nitrogens with one attached hydrogen (secondary N) is 2. The molecule has 0 aliphatic carbocycles. The van der Waals surface area contributed by atoms with Crippen molar-refractivity contribution >= 4 is 11.7 Å². The van der Waals surface area contributed by atoms with Crippen LogP contribution in [0.2, 0.25) is 0 Å². The van der Waals surface area contributed by atoms with Crippen molar-refractivity contribution in [1.29, 1.82) is 0 Å². The maximum atomic E-state index is 12.1. The first kappa shape index (κ1) is 14.7. The summed E-state index contributed by atoms with van der Waals surface area (Å²) in [5.74, 6) is -0.549. The van der Waals surface area contributed by atoms with E-state index in [1.165, 1.54) is 0 Å². The second kappa shape index (κ2) is 5.50. The Labute approximate surface area is 129 Å². The zero-order valence-electron chi connectivity index (χ0n) is 12.9. The van der Waals surface area contributed by atoms with Gasteiger partial charge in [0.25, 0.3) is 0 Å². The van der Waals surface area contributed by atoms with E-state index in [1.807, 2.05) is 38.1 Å². The Balaban J connectivity index is 2.07. The molecule has 22 heavy (non-hydrogen) atoms. The van der Waals surface area contributed by atoms with E-state index in [4.69, 9.17) is 4.74 Å². The number of aliphatic hydroxyl groups excluding tert-OH is 1. The Morgan fingerprint density at radius 3 is 2.77 bits per heavy atom. The molecule has 5 nitrogen and oxygen atoms in total. The van der Waals surface area contributed by atoms with E-state index < -0.39 is 6.23 Å². The average molecular weight is 300 g/mol. The Morgan fingerprint density at radius 1 is 1.32 bits per heavy atom. The molecule has 2 heterocycles. The second-order valence-corrected chi connectivity index (χ2v) is 5.54. The molecule has 1 aliphatic rings. The van der Waals surface area contributed by atoms with Crippen molar-refractivity contribution in [1.82, 2.24) is 4.98 Å². The lowest BCUT2D eigenvalue weighted by Crippen LogP contribution is -2.21. The number of hydrogen-bond donors (Lipinski definition) is 3. The third-order valence-corrected chi connectivity index (χ3v) is 4.18. The van der Waals surface area contributed by atoms with Gasteiger partial charge in [-0.1, -0.05) is 18.2 Å². The van der Waals surface area contributed by atoms with Gasteiger partial charge in [-0.3, -0.25) is 0 Å². The number of anilines is 1.